The molecule has 1 saturated heterocycles. The van der Waals surface area contributed by atoms with Crippen LogP contribution in [0.5, 0.6) is 0 Å². The molecule has 1 atom stereocenters. The lowest BCUT2D eigenvalue weighted by atomic mass is 10.1. The van der Waals surface area contributed by atoms with Gasteiger partial charge in [-0.25, -0.2) is 0 Å². The highest BCUT2D eigenvalue weighted by Gasteiger charge is 2.20. The van der Waals surface area contributed by atoms with E-state index < -0.39 is 0 Å². The molecule has 1 unspecified atom stereocenters. The van der Waals surface area contributed by atoms with Crippen molar-refractivity contribution in [2.24, 2.45) is 0 Å². The van der Waals surface area contributed by atoms with Crippen molar-refractivity contribution in [3.05, 3.63) is 24.3 Å². The Hall–Kier alpha value is -0.560. The molecule has 0 aromatic rings. The van der Waals surface area contributed by atoms with Gasteiger partial charge < -0.3 is 4.74 Å². The Morgan fingerprint density at radius 1 is 0.842 bits per heavy atom. The molecule has 1 nitrogen and oxygen atoms in total. The summed E-state index contributed by atoms with van der Waals surface area (Å²) in [6, 6.07) is 0. The van der Waals surface area contributed by atoms with Gasteiger partial charge in [0.2, 0.25) is 0 Å². The van der Waals surface area contributed by atoms with Gasteiger partial charge >= 0.3 is 0 Å². The quantitative estimate of drug-likeness (QED) is 0.232. The first-order valence-electron chi connectivity index (χ1n) is 8.35. The lowest BCUT2D eigenvalue weighted by Gasteiger charge is -1.97. The second kappa shape index (κ2) is 12.5. The van der Waals surface area contributed by atoms with E-state index in [-0.39, 0.29) is 0 Å². The van der Waals surface area contributed by atoms with Crippen LogP contribution < -0.4 is 0 Å². The van der Waals surface area contributed by atoms with E-state index in [0.29, 0.717) is 6.10 Å². The molecule has 1 fully saturated rings. The number of hydrogen-bond acceptors (Lipinski definition) is 1. The topological polar surface area (TPSA) is 12.5 Å². The first kappa shape index (κ1) is 16.5. The first-order chi connectivity index (χ1) is 9.43. The predicted octanol–water partition coefficient (Wildman–Crippen LogP) is 5.81. The van der Waals surface area contributed by atoms with Crippen molar-refractivity contribution in [1.82, 2.24) is 0 Å². The Morgan fingerprint density at radius 3 is 2.11 bits per heavy atom. The van der Waals surface area contributed by atoms with Gasteiger partial charge in [0.1, 0.15) is 0 Å². The van der Waals surface area contributed by atoms with E-state index in [1.54, 1.807) is 0 Å². The Balaban J connectivity index is 1.74. The van der Waals surface area contributed by atoms with Gasteiger partial charge in [0, 0.05) is 0 Å². The van der Waals surface area contributed by atoms with Gasteiger partial charge in [-0.2, -0.15) is 0 Å². The van der Waals surface area contributed by atoms with Crippen molar-refractivity contribution in [1.29, 1.82) is 0 Å². The second-order valence-electron chi connectivity index (χ2n) is 5.62. The van der Waals surface area contributed by atoms with Gasteiger partial charge in [-0.15, -0.1) is 0 Å². The molecular formula is C18H32O. The highest BCUT2D eigenvalue weighted by molar-refractivity contribution is 4.92. The standard InChI is InChI=1S/C18H32O/c1-2-3-4-5-6-7-8-9-10-11-12-13-14-15-16-18-17-19-18/h6-7,9-10,18H,2-5,8,11-17H2,1H3. The number of ether oxygens (including phenoxy) is 1. The maximum absolute atomic E-state index is 5.20. The lowest BCUT2D eigenvalue weighted by molar-refractivity contribution is 0.388. The molecule has 0 N–H and O–H groups in total. The summed E-state index contributed by atoms with van der Waals surface area (Å²) in [6.45, 7) is 3.28. The maximum Gasteiger partial charge on any atom is 0.0810 e. The van der Waals surface area contributed by atoms with Gasteiger partial charge in [-0.05, 0) is 38.5 Å². The SMILES string of the molecule is CCCCCC=CCC=CCCCCCCC1CO1. The van der Waals surface area contributed by atoms with E-state index in [2.05, 4.69) is 31.2 Å². The highest BCUT2D eigenvalue weighted by atomic mass is 16.6. The van der Waals surface area contributed by atoms with Crippen molar-refractivity contribution in [3.8, 4) is 0 Å². The number of epoxide rings is 1. The van der Waals surface area contributed by atoms with E-state index in [4.69, 9.17) is 4.74 Å². The predicted molar refractivity (Wildman–Crippen MR) is 84.5 cm³/mol. The van der Waals surface area contributed by atoms with E-state index >= 15 is 0 Å². The van der Waals surface area contributed by atoms with Crippen molar-refractivity contribution in [2.75, 3.05) is 6.61 Å². The van der Waals surface area contributed by atoms with Gasteiger partial charge in [0.05, 0.1) is 12.7 Å². The molecule has 1 aliphatic rings. The molecule has 19 heavy (non-hydrogen) atoms. The molecule has 0 radical (unpaired) electrons. The molecular weight excluding hydrogens is 232 g/mol. The zero-order chi connectivity index (χ0) is 13.6. The minimum absolute atomic E-state index is 0.629. The lowest BCUT2D eigenvalue weighted by Crippen LogP contribution is -1.85. The number of rotatable bonds is 13. The summed E-state index contributed by atoms with van der Waals surface area (Å²) in [4.78, 5) is 0. The average molecular weight is 264 g/mol. The van der Waals surface area contributed by atoms with Crippen LogP contribution in [0.1, 0.15) is 77.6 Å². The third kappa shape index (κ3) is 12.2. The summed E-state index contributed by atoms with van der Waals surface area (Å²) >= 11 is 0. The largest absolute Gasteiger partial charge is 0.373 e. The van der Waals surface area contributed by atoms with Crippen molar-refractivity contribution >= 4 is 0 Å². The molecule has 0 amide bonds. The minimum atomic E-state index is 0.629. The van der Waals surface area contributed by atoms with Crippen LogP contribution >= 0.6 is 0 Å². The van der Waals surface area contributed by atoms with Crippen LogP contribution in [0.2, 0.25) is 0 Å². The van der Waals surface area contributed by atoms with Crippen LogP contribution in [0.3, 0.4) is 0 Å². The summed E-state index contributed by atoms with van der Waals surface area (Å²) in [6.07, 6.45) is 24.4. The van der Waals surface area contributed by atoms with Crippen LogP contribution in [0.25, 0.3) is 0 Å². The third-order valence-electron chi connectivity index (χ3n) is 3.63. The number of hydrogen-bond donors (Lipinski definition) is 0. The van der Waals surface area contributed by atoms with Crippen molar-refractivity contribution in [3.63, 3.8) is 0 Å². The normalized spacial score (nSPS) is 18.7. The van der Waals surface area contributed by atoms with Crippen LogP contribution in [-0.4, -0.2) is 12.7 Å². The fraction of sp³-hybridized carbons (Fsp3) is 0.778. The van der Waals surface area contributed by atoms with E-state index in [9.17, 15) is 0 Å². The first-order valence-corrected chi connectivity index (χ1v) is 8.35. The van der Waals surface area contributed by atoms with Crippen molar-refractivity contribution in [2.45, 2.75) is 83.7 Å². The smallest absolute Gasteiger partial charge is 0.0810 e. The molecule has 0 aliphatic carbocycles. The minimum Gasteiger partial charge on any atom is -0.373 e. The third-order valence-corrected chi connectivity index (χ3v) is 3.63. The fourth-order valence-electron chi connectivity index (χ4n) is 2.24. The van der Waals surface area contributed by atoms with Crippen LogP contribution in [0.4, 0.5) is 0 Å². The molecule has 0 saturated carbocycles. The highest BCUT2D eigenvalue weighted by Crippen LogP contribution is 2.17. The molecule has 0 aromatic heterocycles. The van der Waals surface area contributed by atoms with Crippen molar-refractivity contribution < 1.29 is 4.74 Å². The summed E-state index contributed by atoms with van der Waals surface area (Å²) in [5.41, 5.74) is 0. The van der Waals surface area contributed by atoms with E-state index in [1.165, 1.54) is 64.2 Å². The van der Waals surface area contributed by atoms with Crippen LogP contribution in [0, 0.1) is 0 Å². The Kier molecular flexibility index (Phi) is 10.8. The van der Waals surface area contributed by atoms with Gasteiger partial charge in [0.15, 0.2) is 0 Å². The Morgan fingerprint density at radius 2 is 1.47 bits per heavy atom. The molecule has 1 aliphatic heterocycles. The second-order valence-corrected chi connectivity index (χ2v) is 5.62. The zero-order valence-electron chi connectivity index (χ0n) is 12.8. The molecule has 0 bridgehead atoms. The van der Waals surface area contributed by atoms with E-state index in [1.807, 2.05) is 0 Å². The molecule has 0 spiro atoms. The summed E-state index contributed by atoms with van der Waals surface area (Å²) in [5, 5.41) is 0. The summed E-state index contributed by atoms with van der Waals surface area (Å²) < 4.78 is 5.20. The van der Waals surface area contributed by atoms with Gasteiger partial charge in [-0.1, -0.05) is 63.3 Å². The molecule has 1 rings (SSSR count). The van der Waals surface area contributed by atoms with Crippen LogP contribution in [-0.2, 0) is 4.74 Å². The molecule has 110 valence electrons. The maximum atomic E-state index is 5.20. The van der Waals surface area contributed by atoms with Gasteiger partial charge in [-0.3, -0.25) is 0 Å². The van der Waals surface area contributed by atoms with Gasteiger partial charge in [0.25, 0.3) is 0 Å². The fourth-order valence-corrected chi connectivity index (χ4v) is 2.24. The van der Waals surface area contributed by atoms with Crippen LogP contribution in [0.15, 0.2) is 24.3 Å². The monoisotopic (exact) mass is 264 g/mol. The molecule has 1 heterocycles. The summed E-state index contributed by atoms with van der Waals surface area (Å²) in [5.74, 6) is 0. The Labute approximate surface area is 120 Å². The number of allylic oxidation sites excluding steroid dienone is 4. The Bertz CT molecular complexity index is 238. The van der Waals surface area contributed by atoms with E-state index in [0.717, 1.165) is 13.0 Å². The zero-order valence-corrected chi connectivity index (χ0v) is 12.8. The number of unbranched alkanes of at least 4 members (excludes halogenated alkanes) is 7. The molecule has 1 heteroatoms. The summed E-state index contributed by atoms with van der Waals surface area (Å²) in [7, 11) is 0. The molecule has 0 aromatic carbocycles. The average Bonchev–Trinajstić information content (AvgIpc) is 3.23.